The Hall–Kier alpha value is -3.27. The van der Waals surface area contributed by atoms with E-state index >= 15 is 0 Å². The normalized spacial score (nSPS) is 18.6. The predicted molar refractivity (Wildman–Crippen MR) is 136 cm³/mol. The highest BCUT2D eigenvalue weighted by atomic mass is 16.6. The summed E-state index contributed by atoms with van der Waals surface area (Å²) < 4.78 is 13.1. The zero-order chi connectivity index (χ0) is 24.6. The number of carbonyl (C=O) groups is 1. The molecule has 0 saturated carbocycles. The van der Waals surface area contributed by atoms with Crippen LogP contribution >= 0.6 is 0 Å². The lowest BCUT2D eigenvalue weighted by Gasteiger charge is -2.41. The highest BCUT2D eigenvalue weighted by Crippen LogP contribution is 2.59. The van der Waals surface area contributed by atoms with Gasteiger partial charge in [0.25, 0.3) is 0 Å². The van der Waals surface area contributed by atoms with E-state index in [0.717, 1.165) is 39.4 Å². The molecule has 0 aromatic heterocycles. The molecule has 0 N–H and O–H groups in total. The fourth-order valence-electron chi connectivity index (χ4n) is 5.11. The first-order chi connectivity index (χ1) is 15.8. The van der Waals surface area contributed by atoms with E-state index in [1.165, 1.54) is 5.56 Å². The van der Waals surface area contributed by atoms with E-state index in [1.54, 1.807) is 0 Å². The summed E-state index contributed by atoms with van der Waals surface area (Å²) in [6, 6.07) is 18.3. The van der Waals surface area contributed by atoms with Crippen LogP contribution in [0, 0.1) is 0 Å². The SMILES string of the molecule is CN(C)c1cc2c(c(C(C)(C)C)c1)C1(OC(=O)c3ccccc31)c1cc(C(C)(C)C)ccc1O2. The molecule has 1 spiro atoms. The molecule has 3 aromatic carbocycles. The lowest BCUT2D eigenvalue weighted by molar-refractivity contribution is 0.0218. The fourth-order valence-corrected chi connectivity index (χ4v) is 5.11. The molecule has 0 amide bonds. The topological polar surface area (TPSA) is 38.8 Å². The van der Waals surface area contributed by atoms with Crippen LogP contribution in [-0.2, 0) is 21.2 Å². The van der Waals surface area contributed by atoms with Gasteiger partial charge in [-0.1, -0.05) is 65.8 Å². The standard InChI is InChI=1S/C30H33NO3/c1-28(2,3)18-13-14-24-22(15-18)30(21-12-10-9-11-20(21)27(32)34-30)26-23(29(4,5)6)16-19(31(7)8)17-25(26)33-24/h9-17H,1-8H3. The van der Waals surface area contributed by atoms with Gasteiger partial charge in [-0.2, -0.15) is 0 Å². The summed E-state index contributed by atoms with van der Waals surface area (Å²) in [5.74, 6) is 1.16. The number of carbonyl (C=O) groups excluding carboxylic acids is 1. The second-order valence-electron chi connectivity index (χ2n) is 11.7. The fraction of sp³-hybridized carbons (Fsp3) is 0.367. The molecule has 0 fully saturated rings. The quantitative estimate of drug-likeness (QED) is 0.374. The van der Waals surface area contributed by atoms with Gasteiger partial charge in [-0.15, -0.1) is 0 Å². The van der Waals surface area contributed by atoms with Gasteiger partial charge >= 0.3 is 5.97 Å². The first-order valence-electron chi connectivity index (χ1n) is 11.9. The van der Waals surface area contributed by atoms with Gasteiger partial charge in [0, 0.05) is 37.0 Å². The summed E-state index contributed by atoms with van der Waals surface area (Å²) >= 11 is 0. The van der Waals surface area contributed by atoms with Crippen molar-refractivity contribution in [2.45, 2.75) is 58.0 Å². The first-order valence-corrected chi connectivity index (χ1v) is 11.9. The lowest BCUT2D eigenvalue weighted by atomic mass is 9.70. The van der Waals surface area contributed by atoms with Crippen LogP contribution in [0.2, 0.25) is 0 Å². The number of benzene rings is 3. The summed E-state index contributed by atoms with van der Waals surface area (Å²) in [7, 11) is 4.06. The highest BCUT2D eigenvalue weighted by molar-refractivity contribution is 5.97. The zero-order valence-electron chi connectivity index (χ0n) is 21.4. The van der Waals surface area contributed by atoms with E-state index in [9.17, 15) is 4.79 Å². The first kappa shape index (κ1) is 22.5. The zero-order valence-corrected chi connectivity index (χ0v) is 21.4. The Kier molecular flexibility index (Phi) is 4.71. The number of esters is 1. The Balaban J connectivity index is 1.95. The molecule has 1 unspecified atom stereocenters. The average molecular weight is 456 g/mol. The maximum absolute atomic E-state index is 13.3. The van der Waals surface area contributed by atoms with Crippen LogP contribution in [0.15, 0.2) is 54.6 Å². The molecule has 2 aliphatic rings. The third kappa shape index (κ3) is 3.15. The van der Waals surface area contributed by atoms with Crippen molar-refractivity contribution in [1.29, 1.82) is 0 Å². The van der Waals surface area contributed by atoms with Crippen molar-refractivity contribution in [2.24, 2.45) is 0 Å². The molecule has 0 saturated heterocycles. The van der Waals surface area contributed by atoms with Gasteiger partial charge in [0.05, 0.1) is 11.1 Å². The Labute approximate surface area is 202 Å². The molecule has 34 heavy (non-hydrogen) atoms. The molecule has 4 heteroatoms. The van der Waals surface area contributed by atoms with Gasteiger partial charge in [-0.3, -0.25) is 0 Å². The monoisotopic (exact) mass is 455 g/mol. The van der Waals surface area contributed by atoms with Crippen LogP contribution in [-0.4, -0.2) is 20.1 Å². The summed E-state index contributed by atoms with van der Waals surface area (Å²) in [4.78, 5) is 15.4. The van der Waals surface area contributed by atoms with E-state index < -0.39 is 5.60 Å². The van der Waals surface area contributed by atoms with Gasteiger partial charge in [0.1, 0.15) is 11.5 Å². The van der Waals surface area contributed by atoms with E-state index in [0.29, 0.717) is 5.56 Å². The molecular weight excluding hydrogens is 422 g/mol. The van der Waals surface area contributed by atoms with Crippen LogP contribution in [0.4, 0.5) is 5.69 Å². The minimum atomic E-state index is -1.06. The Morgan fingerprint density at radius 2 is 1.50 bits per heavy atom. The predicted octanol–water partition coefficient (Wildman–Crippen LogP) is 6.92. The van der Waals surface area contributed by atoms with Gasteiger partial charge in [-0.05, 0) is 46.2 Å². The maximum Gasteiger partial charge on any atom is 0.340 e. The van der Waals surface area contributed by atoms with Gasteiger partial charge in [-0.25, -0.2) is 4.79 Å². The number of rotatable bonds is 1. The summed E-state index contributed by atoms with van der Waals surface area (Å²) in [6.07, 6.45) is 0. The van der Waals surface area contributed by atoms with Crippen molar-refractivity contribution in [3.05, 3.63) is 88.0 Å². The van der Waals surface area contributed by atoms with Crippen LogP contribution in [0.3, 0.4) is 0 Å². The summed E-state index contributed by atoms with van der Waals surface area (Å²) in [5, 5.41) is 0. The molecule has 0 radical (unpaired) electrons. The van der Waals surface area contributed by atoms with E-state index in [1.807, 2.05) is 44.4 Å². The van der Waals surface area contributed by atoms with Crippen LogP contribution in [0.5, 0.6) is 11.5 Å². The van der Waals surface area contributed by atoms with E-state index in [-0.39, 0.29) is 16.8 Å². The summed E-state index contributed by atoms with van der Waals surface area (Å²) in [6.45, 7) is 13.2. The largest absolute Gasteiger partial charge is 0.456 e. The number of nitrogens with zero attached hydrogens (tertiary/aromatic N) is 1. The maximum atomic E-state index is 13.3. The Bertz CT molecular complexity index is 1320. The second-order valence-corrected chi connectivity index (χ2v) is 11.7. The second kappa shape index (κ2) is 7.11. The van der Waals surface area contributed by atoms with Crippen LogP contribution in [0.1, 0.15) is 79.7 Å². The van der Waals surface area contributed by atoms with Crippen molar-refractivity contribution >= 4 is 11.7 Å². The van der Waals surface area contributed by atoms with Crippen molar-refractivity contribution in [1.82, 2.24) is 0 Å². The molecule has 4 nitrogen and oxygen atoms in total. The van der Waals surface area contributed by atoms with E-state index in [2.05, 4.69) is 70.7 Å². The number of fused-ring (bicyclic) bond motifs is 6. The minimum Gasteiger partial charge on any atom is -0.456 e. The third-order valence-electron chi connectivity index (χ3n) is 6.98. The smallest absolute Gasteiger partial charge is 0.340 e. The van der Waals surface area contributed by atoms with Crippen molar-refractivity contribution in [3.63, 3.8) is 0 Å². The number of hydrogen-bond donors (Lipinski definition) is 0. The van der Waals surface area contributed by atoms with Crippen molar-refractivity contribution in [2.75, 3.05) is 19.0 Å². The van der Waals surface area contributed by atoms with Crippen molar-refractivity contribution in [3.8, 4) is 11.5 Å². The number of hydrogen-bond acceptors (Lipinski definition) is 4. The molecule has 2 aliphatic heterocycles. The van der Waals surface area contributed by atoms with Gasteiger partial charge in [0.15, 0.2) is 5.60 Å². The molecule has 3 aromatic rings. The minimum absolute atomic E-state index is 0.0692. The molecule has 0 aliphatic carbocycles. The molecule has 1 atom stereocenters. The Morgan fingerprint density at radius 3 is 2.15 bits per heavy atom. The van der Waals surface area contributed by atoms with Crippen molar-refractivity contribution < 1.29 is 14.3 Å². The van der Waals surface area contributed by atoms with Gasteiger partial charge in [0.2, 0.25) is 0 Å². The van der Waals surface area contributed by atoms with E-state index in [4.69, 9.17) is 9.47 Å². The van der Waals surface area contributed by atoms with Crippen LogP contribution < -0.4 is 9.64 Å². The number of anilines is 1. The third-order valence-corrected chi connectivity index (χ3v) is 6.98. The molecule has 0 bridgehead atoms. The Morgan fingerprint density at radius 1 is 0.794 bits per heavy atom. The highest BCUT2D eigenvalue weighted by Gasteiger charge is 2.55. The average Bonchev–Trinajstić information content (AvgIpc) is 3.04. The van der Waals surface area contributed by atoms with Gasteiger partial charge < -0.3 is 14.4 Å². The summed E-state index contributed by atoms with van der Waals surface area (Å²) in [5.41, 5.74) is 5.26. The molecule has 2 heterocycles. The molecular formula is C30H33NO3. The molecule has 5 rings (SSSR count). The molecule has 176 valence electrons. The lowest BCUT2D eigenvalue weighted by Crippen LogP contribution is -2.36. The van der Waals surface area contributed by atoms with Crippen LogP contribution in [0.25, 0.3) is 0 Å². The number of ether oxygens (including phenoxy) is 2.